The second kappa shape index (κ2) is 8.63. The monoisotopic (exact) mass is 335 g/mol. The van der Waals surface area contributed by atoms with E-state index in [0.29, 0.717) is 5.56 Å². The minimum atomic E-state index is -2.11. The highest BCUT2D eigenvalue weighted by Crippen LogP contribution is 2.12. The van der Waals surface area contributed by atoms with Gasteiger partial charge in [-0.3, -0.25) is 14.6 Å². The molecule has 24 heavy (non-hydrogen) atoms. The maximum atomic E-state index is 12.2. The SMILES string of the molecule is NC(N)=NCCCC(N)(C(=O)O)C(=O)CNC(=O)c1ccccc1. The summed E-state index contributed by atoms with van der Waals surface area (Å²) >= 11 is 0. The molecule has 0 aliphatic carbocycles. The van der Waals surface area contributed by atoms with E-state index in [-0.39, 0.29) is 25.3 Å². The van der Waals surface area contributed by atoms with Gasteiger partial charge in [0.05, 0.1) is 6.54 Å². The lowest BCUT2D eigenvalue weighted by atomic mass is 9.89. The number of guanidine groups is 1. The fourth-order valence-corrected chi connectivity index (χ4v) is 1.94. The van der Waals surface area contributed by atoms with E-state index in [1.54, 1.807) is 30.3 Å². The predicted octanol–water partition coefficient (Wildman–Crippen LogP) is -1.18. The number of nitrogens with one attached hydrogen (secondary N) is 1. The Morgan fingerprint density at radius 1 is 1.17 bits per heavy atom. The van der Waals surface area contributed by atoms with Gasteiger partial charge in [0.1, 0.15) is 0 Å². The molecule has 0 heterocycles. The number of carboxylic acids is 1. The first-order chi connectivity index (χ1) is 11.3. The molecule has 0 aromatic heterocycles. The van der Waals surface area contributed by atoms with Crippen LogP contribution in [0.3, 0.4) is 0 Å². The Hall–Kier alpha value is -2.94. The molecule has 0 saturated carbocycles. The molecule has 1 atom stereocenters. The van der Waals surface area contributed by atoms with Crippen molar-refractivity contribution in [3.63, 3.8) is 0 Å². The zero-order valence-electron chi connectivity index (χ0n) is 13.1. The third-order valence-electron chi connectivity index (χ3n) is 3.35. The van der Waals surface area contributed by atoms with Crippen molar-refractivity contribution in [3.8, 4) is 0 Å². The summed E-state index contributed by atoms with van der Waals surface area (Å²) in [5.41, 5.74) is 14.3. The number of ketones is 1. The second-order valence-electron chi connectivity index (χ2n) is 5.16. The molecule has 1 rings (SSSR count). The van der Waals surface area contributed by atoms with Gasteiger partial charge < -0.3 is 27.6 Å². The molecular weight excluding hydrogens is 314 g/mol. The first-order valence-electron chi connectivity index (χ1n) is 7.21. The van der Waals surface area contributed by atoms with Gasteiger partial charge in [0.2, 0.25) is 0 Å². The third kappa shape index (κ3) is 5.36. The lowest BCUT2D eigenvalue weighted by Gasteiger charge is -2.23. The van der Waals surface area contributed by atoms with Crippen molar-refractivity contribution in [1.29, 1.82) is 0 Å². The molecule has 9 heteroatoms. The summed E-state index contributed by atoms with van der Waals surface area (Å²) in [5.74, 6) is -2.89. The molecule has 0 radical (unpaired) electrons. The number of nitrogens with zero attached hydrogens (tertiary/aromatic N) is 1. The summed E-state index contributed by atoms with van der Waals surface area (Å²) in [6, 6.07) is 8.23. The minimum Gasteiger partial charge on any atom is -0.480 e. The average Bonchev–Trinajstić information content (AvgIpc) is 2.56. The molecule has 1 unspecified atom stereocenters. The zero-order chi connectivity index (χ0) is 18.2. The quantitative estimate of drug-likeness (QED) is 0.163. The topological polar surface area (TPSA) is 174 Å². The number of nitrogens with two attached hydrogens (primary N) is 3. The molecule has 0 saturated heterocycles. The molecule has 1 aromatic rings. The fourth-order valence-electron chi connectivity index (χ4n) is 1.94. The van der Waals surface area contributed by atoms with Crippen LogP contribution >= 0.6 is 0 Å². The van der Waals surface area contributed by atoms with Crippen molar-refractivity contribution in [1.82, 2.24) is 5.32 Å². The van der Waals surface area contributed by atoms with Gasteiger partial charge in [-0.15, -0.1) is 0 Å². The summed E-state index contributed by atoms with van der Waals surface area (Å²) in [7, 11) is 0. The van der Waals surface area contributed by atoms with Gasteiger partial charge in [0.25, 0.3) is 5.91 Å². The zero-order valence-corrected chi connectivity index (χ0v) is 13.1. The van der Waals surface area contributed by atoms with Crippen molar-refractivity contribution >= 4 is 23.6 Å². The number of amides is 1. The predicted molar refractivity (Wildman–Crippen MR) is 88.2 cm³/mol. The van der Waals surface area contributed by atoms with Crippen LogP contribution in [0.2, 0.25) is 0 Å². The molecule has 1 amide bonds. The first-order valence-corrected chi connectivity index (χ1v) is 7.21. The van der Waals surface area contributed by atoms with Gasteiger partial charge in [0.15, 0.2) is 17.3 Å². The third-order valence-corrected chi connectivity index (χ3v) is 3.35. The van der Waals surface area contributed by atoms with Gasteiger partial charge in [-0.05, 0) is 25.0 Å². The van der Waals surface area contributed by atoms with E-state index in [9.17, 15) is 19.5 Å². The number of carbonyl (C=O) groups excluding carboxylic acids is 2. The molecule has 8 N–H and O–H groups in total. The Balaban J connectivity index is 2.64. The Morgan fingerprint density at radius 2 is 1.79 bits per heavy atom. The number of carboxylic acid groups (broad SMARTS) is 1. The van der Waals surface area contributed by atoms with Crippen LogP contribution in [0.5, 0.6) is 0 Å². The van der Waals surface area contributed by atoms with Gasteiger partial charge in [-0.2, -0.15) is 0 Å². The summed E-state index contributed by atoms with van der Waals surface area (Å²) in [5, 5.41) is 11.6. The number of aliphatic imine (C=N–C) groups is 1. The molecule has 1 aromatic carbocycles. The van der Waals surface area contributed by atoms with Crippen molar-refractivity contribution in [2.45, 2.75) is 18.4 Å². The number of aliphatic carboxylic acids is 1. The Kier molecular flexibility index (Phi) is 6.87. The summed E-state index contributed by atoms with van der Waals surface area (Å²) < 4.78 is 0. The van der Waals surface area contributed by atoms with E-state index >= 15 is 0 Å². The standard InChI is InChI=1S/C15H21N5O4/c16-14(17)19-8-4-7-15(18,13(23)24)11(21)9-20-12(22)10-5-2-1-3-6-10/h1-3,5-6H,4,7-9,18H2,(H,20,22)(H,23,24)(H4,16,17,19). The highest BCUT2D eigenvalue weighted by molar-refractivity contribution is 6.09. The van der Waals surface area contributed by atoms with E-state index in [1.165, 1.54) is 0 Å². The molecular formula is C15H21N5O4. The summed E-state index contributed by atoms with van der Waals surface area (Å²) in [4.78, 5) is 39.1. The van der Waals surface area contributed by atoms with Crippen LogP contribution in [0.25, 0.3) is 0 Å². The van der Waals surface area contributed by atoms with Crippen LogP contribution in [0.4, 0.5) is 0 Å². The van der Waals surface area contributed by atoms with Gasteiger partial charge in [0, 0.05) is 12.1 Å². The van der Waals surface area contributed by atoms with Crippen LogP contribution in [-0.2, 0) is 9.59 Å². The highest BCUT2D eigenvalue weighted by atomic mass is 16.4. The van der Waals surface area contributed by atoms with E-state index < -0.39 is 29.7 Å². The number of Topliss-reactive ketones (excluding diaryl/α,β-unsaturated/α-hetero) is 1. The van der Waals surface area contributed by atoms with Crippen LogP contribution in [-0.4, -0.2) is 47.4 Å². The molecule has 0 aliphatic heterocycles. The van der Waals surface area contributed by atoms with E-state index in [1.807, 2.05) is 0 Å². The maximum absolute atomic E-state index is 12.2. The fraction of sp³-hybridized carbons (Fsp3) is 0.333. The molecule has 0 bridgehead atoms. The lowest BCUT2D eigenvalue weighted by Crippen LogP contribution is -2.58. The second-order valence-corrected chi connectivity index (χ2v) is 5.16. The van der Waals surface area contributed by atoms with Gasteiger partial charge in [-0.1, -0.05) is 18.2 Å². The lowest BCUT2D eigenvalue weighted by molar-refractivity contribution is -0.148. The molecule has 130 valence electrons. The van der Waals surface area contributed by atoms with Gasteiger partial charge in [-0.25, -0.2) is 4.79 Å². The number of hydrogen-bond acceptors (Lipinski definition) is 5. The smallest absolute Gasteiger partial charge is 0.331 e. The Labute approximate surface area is 138 Å². The van der Waals surface area contributed by atoms with Crippen molar-refractivity contribution in [2.75, 3.05) is 13.1 Å². The highest BCUT2D eigenvalue weighted by Gasteiger charge is 2.41. The summed E-state index contributed by atoms with van der Waals surface area (Å²) in [6.07, 6.45) is 0.0538. The average molecular weight is 335 g/mol. The molecule has 0 aliphatic rings. The normalized spacial score (nSPS) is 12.7. The number of carbonyl (C=O) groups is 3. The first kappa shape index (κ1) is 19.1. The van der Waals surface area contributed by atoms with Crippen molar-refractivity contribution in [3.05, 3.63) is 35.9 Å². The molecule has 0 fully saturated rings. The van der Waals surface area contributed by atoms with Crippen molar-refractivity contribution < 1.29 is 19.5 Å². The summed E-state index contributed by atoms with van der Waals surface area (Å²) in [6.45, 7) is -0.336. The van der Waals surface area contributed by atoms with Gasteiger partial charge >= 0.3 is 5.97 Å². The van der Waals surface area contributed by atoms with Crippen LogP contribution in [0.15, 0.2) is 35.3 Å². The largest absolute Gasteiger partial charge is 0.480 e. The van der Waals surface area contributed by atoms with E-state index in [4.69, 9.17) is 17.2 Å². The van der Waals surface area contributed by atoms with Crippen LogP contribution in [0.1, 0.15) is 23.2 Å². The number of benzene rings is 1. The number of hydrogen-bond donors (Lipinski definition) is 5. The van der Waals surface area contributed by atoms with E-state index in [0.717, 1.165) is 0 Å². The number of rotatable bonds is 9. The minimum absolute atomic E-state index is 0.130. The molecule has 9 nitrogen and oxygen atoms in total. The van der Waals surface area contributed by atoms with Crippen LogP contribution in [0, 0.1) is 0 Å². The Bertz CT molecular complexity index is 628. The van der Waals surface area contributed by atoms with E-state index in [2.05, 4.69) is 10.3 Å². The van der Waals surface area contributed by atoms with Crippen molar-refractivity contribution in [2.24, 2.45) is 22.2 Å². The van der Waals surface area contributed by atoms with Crippen LogP contribution < -0.4 is 22.5 Å². The molecule has 0 spiro atoms. The Morgan fingerprint density at radius 3 is 2.33 bits per heavy atom. The maximum Gasteiger partial charge on any atom is 0.331 e.